The van der Waals surface area contributed by atoms with Crippen molar-refractivity contribution in [3.05, 3.63) is 57.9 Å². The van der Waals surface area contributed by atoms with Gasteiger partial charge in [-0.25, -0.2) is 12.8 Å². The normalized spacial score (nSPS) is 11.2. The standard InChI is InChI=1S/C16H15FINO4S/c17-12-7-9-13(10-8-12)24(22,23)19(11-3-6-16(20)21)15-5-2-1-4-14(15)18/h1-2,4-5,7-10H,3,6,11H2,(H,20,21). The maximum Gasteiger partial charge on any atom is 0.303 e. The predicted molar refractivity (Wildman–Crippen MR) is 97.0 cm³/mol. The van der Waals surface area contributed by atoms with Crippen LogP contribution in [0, 0.1) is 9.39 Å². The van der Waals surface area contributed by atoms with Crippen LogP contribution in [0.2, 0.25) is 0 Å². The van der Waals surface area contributed by atoms with E-state index in [-0.39, 0.29) is 24.3 Å². The van der Waals surface area contributed by atoms with Gasteiger partial charge in [-0.1, -0.05) is 12.1 Å². The molecule has 0 saturated heterocycles. The summed E-state index contributed by atoms with van der Waals surface area (Å²) in [5, 5.41) is 8.79. The second kappa shape index (κ2) is 7.93. The van der Waals surface area contributed by atoms with Crippen LogP contribution in [0.3, 0.4) is 0 Å². The van der Waals surface area contributed by atoms with Gasteiger partial charge in [-0.2, -0.15) is 0 Å². The number of anilines is 1. The zero-order chi connectivity index (χ0) is 17.7. The Labute approximate surface area is 153 Å². The first-order valence-corrected chi connectivity index (χ1v) is 9.59. The highest BCUT2D eigenvalue weighted by atomic mass is 127. The summed E-state index contributed by atoms with van der Waals surface area (Å²) in [4.78, 5) is 10.7. The van der Waals surface area contributed by atoms with Crippen molar-refractivity contribution in [2.45, 2.75) is 17.7 Å². The fraction of sp³-hybridized carbons (Fsp3) is 0.188. The summed E-state index contributed by atoms with van der Waals surface area (Å²) < 4.78 is 40.8. The van der Waals surface area contributed by atoms with Gasteiger partial charge in [0.1, 0.15) is 5.82 Å². The van der Waals surface area contributed by atoms with Gasteiger partial charge in [-0.05, 0) is 65.4 Å². The Morgan fingerprint density at radius 3 is 2.33 bits per heavy atom. The Bertz CT molecular complexity index is 824. The van der Waals surface area contributed by atoms with Crippen LogP contribution in [0.5, 0.6) is 0 Å². The molecule has 128 valence electrons. The topological polar surface area (TPSA) is 74.7 Å². The molecule has 2 aromatic rings. The molecule has 0 amide bonds. The fourth-order valence-corrected chi connectivity index (χ4v) is 4.50. The Morgan fingerprint density at radius 1 is 1.12 bits per heavy atom. The van der Waals surface area contributed by atoms with E-state index in [4.69, 9.17) is 5.11 Å². The van der Waals surface area contributed by atoms with E-state index < -0.39 is 21.8 Å². The second-order valence-electron chi connectivity index (χ2n) is 4.98. The fourth-order valence-electron chi connectivity index (χ4n) is 2.13. The van der Waals surface area contributed by atoms with E-state index in [0.29, 0.717) is 5.69 Å². The largest absolute Gasteiger partial charge is 0.481 e. The third kappa shape index (κ3) is 4.44. The van der Waals surface area contributed by atoms with Crippen LogP contribution in [-0.2, 0) is 14.8 Å². The number of nitrogens with zero attached hydrogens (tertiary/aromatic N) is 1. The molecule has 0 spiro atoms. The number of sulfonamides is 1. The SMILES string of the molecule is O=C(O)CCCN(c1ccccc1I)S(=O)(=O)c1ccc(F)cc1. The van der Waals surface area contributed by atoms with Crippen LogP contribution in [0.4, 0.5) is 10.1 Å². The minimum atomic E-state index is -3.92. The van der Waals surface area contributed by atoms with Gasteiger partial charge < -0.3 is 5.11 Å². The summed E-state index contributed by atoms with van der Waals surface area (Å²) >= 11 is 2.02. The van der Waals surface area contributed by atoms with Crippen molar-refractivity contribution in [2.75, 3.05) is 10.8 Å². The molecule has 24 heavy (non-hydrogen) atoms. The summed E-state index contributed by atoms with van der Waals surface area (Å²) in [6, 6.07) is 11.5. The van der Waals surface area contributed by atoms with Crippen molar-refractivity contribution >= 4 is 44.3 Å². The van der Waals surface area contributed by atoms with Crippen molar-refractivity contribution < 1.29 is 22.7 Å². The number of carbonyl (C=O) groups is 1. The molecular weight excluding hydrogens is 448 g/mol. The molecule has 0 aromatic heterocycles. The average molecular weight is 463 g/mol. The quantitative estimate of drug-likeness (QED) is 0.639. The summed E-state index contributed by atoms with van der Waals surface area (Å²) in [5.74, 6) is -1.52. The molecule has 0 fully saturated rings. The summed E-state index contributed by atoms with van der Waals surface area (Å²) in [7, 11) is -3.92. The van der Waals surface area contributed by atoms with Crippen LogP contribution in [0.1, 0.15) is 12.8 Å². The van der Waals surface area contributed by atoms with E-state index >= 15 is 0 Å². The summed E-state index contributed by atoms with van der Waals surface area (Å²) in [6.45, 7) is 0.0199. The lowest BCUT2D eigenvalue weighted by atomic mass is 10.3. The number of carboxylic acid groups (broad SMARTS) is 1. The zero-order valence-corrected chi connectivity index (χ0v) is 15.5. The highest BCUT2D eigenvalue weighted by Gasteiger charge is 2.26. The van der Waals surface area contributed by atoms with Gasteiger partial charge in [-0.3, -0.25) is 9.10 Å². The number of aliphatic carboxylic acids is 1. The molecule has 5 nitrogen and oxygen atoms in total. The monoisotopic (exact) mass is 463 g/mol. The van der Waals surface area contributed by atoms with Gasteiger partial charge in [0.2, 0.25) is 0 Å². The van der Waals surface area contributed by atoms with Crippen LogP contribution in [-0.4, -0.2) is 26.0 Å². The number of halogens is 2. The molecule has 0 unspecified atom stereocenters. The Balaban J connectivity index is 2.42. The first-order chi connectivity index (χ1) is 11.3. The van der Waals surface area contributed by atoms with E-state index in [0.717, 1.165) is 15.7 Å². The summed E-state index contributed by atoms with van der Waals surface area (Å²) in [6.07, 6.45) is 0.0274. The summed E-state index contributed by atoms with van der Waals surface area (Å²) in [5.41, 5.74) is 0.466. The van der Waals surface area contributed by atoms with E-state index in [1.54, 1.807) is 24.3 Å². The van der Waals surface area contributed by atoms with E-state index in [2.05, 4.69) is 0 Å². The number of benzene rings is 2. The van der Waals surface area contributed by atoms with Crippen molar-refractivity contribution in [3.63, 3.8) is 0 Å². The Kier molecular flexibility index (Phi) is 6.16. The van der Waals surface area contributed by atoms with Crippen molar-refractivity contribution in [2.24, 2.45) is 0 Å². The number of rotatable bonds is 7. The third-order valence-corrected chi connectivity index (χ3v) is 6.01. The van der Waals surface area contributed by atoms with E-state index in [1.807, 2.05) is 22.6 Å². The molecule has 2 aromatic carbocycles. The molecular formula is C16H15FINO4S. The van der Waals surface area contributed by atoms with Crippen LogP contribution in [0.25, 0.3) is 0 Å². The smallest absolute Gasteiger partial charge is 0.303 e. The molecule has 0 saturated carbocycles. The third-order valence-electron chi connectivity index (χ3n) is 3.27. The molecule has 0 bridgehead atoms. The maximum absolute atomic E-state index is 13.1. The molecule has 8 heteroatoms. The molecule has 0 aliphatic carbocycles. The van der Waals surface area contributed by atoms with Gasteiger partial charge in [0.25, 0.3) is 10.0 Å². The maximum atomic E-state index is 13.1. The lowest BCUT2D eigenvalue weighted by molar-refractivity contribution is -0.137. The molecule has 0 aliphatic rings. The van der Waals surface area contributed by atoms with Crippen molar-refractivity contribution in [3.8, 4) is 0 Å². The van der Waals surface area contributed by atoms with Crippen molar-refractivity contribution in [1.29, 1.82) is 0 Å². The van der Waals surface area contributed by atoms with Gasteiger partial charge in [0.15, 0.2) is 0 Å². The van der Waals surface area contributed by atoms with Crippen LogP contribution >= 0.6 is 22.6 Å². The zero-order valence-electron chi connectivity index (χ0n) is 12.5. The first-order valence-electron chi connectivity index (χ1n) is 7.07. The van der Waals surface area contributed by atoms with Gasteiger partial charge in [-0.15, -0.1) is 0 Å². The highest BCUT2D eigenvalue weighted by molar-refractivity contribution is 14.1. The average Bonchev–Trinajstić information content (AvgIpc) is 2.52. The molecule has 0 radical (unpaired) electrons. The number of hydrogen-bond donors (Lipinski definition) is 1. The second-order valence-corrected chi connectivity index (χ2v) is 8.00. The highest BCUT2D eigenvalue weighted by Crippen LogP contribution is 2.28. The van der Waals surface area contributed by atoms with Gasteiger partial charge in [0, 0.05) is 16.5 Å². The lowest BCUT2D eigenvalue weighted by Crippen LogP contribution is -2.33. The van der Waals surface area contributed by atoms with E-state index in [9.17, 15) is 17.6 Å². The minimum Gasteiger partial charge on any atom is -0.481 e. The molecule has 0 aliphatic heterocycles. The van der Waals surface area contributed by atoms with Crippen LogP contribution < -0.4 is 4.31 Å². The molecule has 2 rings (SSSR count). The van der Waals surface area contributed by atoms with Crippen molar-refractivity contribution in [1.82, 2.24) is 0 Å². The van der Waals surface area contributed by atoms with Crippen LogP contribution in [0.15, 0.2) is 53.4 Å². The molecule has 1 N–H and O–H groups in total. The minimum absolute atomic E-state index is 0.0199. The predicted octanol–water partition coefficient (Wildman–Crippen LogP) is 3.49. The molecule has 0 heterocycles. The van der Waals surface area contributed by atoms with Gasteiger partial charge in [0.05, 0.1) is 10.6 Å². The number of para-hydroxylation sites is 1. The Hall–Kier alpha value is -1.68. The molecule has 0 atom stereocenters. The first kappa shape index (κ1) is 18.7. The number of hydrogen-bond acceptors (Lipinski definition) is 3. The van der Waals surface area contributed by atoms with Gasteiger partial charge >= 0.3 is 5.97 Å². The lowest BCUT2D eigenvalue weighted by Gasteiger charge is -2.25. The Morgan fingerprint density at radius 2 is 1.75 bits per heavy atom. The van der Waals surface area contributed by atoms with E-state index in [1.165, 1.54) is 16.4 Å². The number of carboxylic acids is 1.